The summed E-state index contributed by atoms with van der Waals surface area (Å²) in [7, 11) is 1.76. The second-order valence-electron chi connectivity index (χ2n) is 3.66. The molecule has 0 saturated carbocycles. The van der Waals surface area contributed by atoms with Crippen LogP contribution in [0.1, 0.15) is 11.3 Å². The van der Waals surface area contributed by atoms with Crippen LogP contribution in [0.5, 0.6) is 0 Å². The Balaban J connectivity index is 2.49. The average molecular weight is 244 g/mol. The van der Waals surface area contributed by atoms with E-state index in [-0.39, 0.29) is 5.52 Å². The summed E-state index contributed by atoms with van der Waals surface area (Å²) in [4.78, 5) is 0. The van der Waals surface area contributed by atoms with Crippen molar-refractivity contribution in [2.24, 2.45) is 0 Å². The summed E-state index contributed by atoms with van der Waals surface area (Å²) in [6, 6.07) is 3.96. The number of halogens is 3. The summed E-state index contributed by atoms with van der Waals surface area (Å²) in [5.74, 6) is 0.473. The van der Waals surface area contributed by atoms with Crippen molar-refractivity contribution in [3.05, 3.63) is 29.5 Å². The van der Waals surface area contributed by atoms with E-state index in [0.717, 1.165) is 6.07 Å². The van der Waals surface area contributed by atoms with E-state index in [1.807, 2.05) is 0 Å². The van der Waals surface area contributed by atoms with Gasteiger partial charge in [0.2, 0.25) is 0 Å². The number of nitrogens with one attached hydrogen (secondary N) is 1. The third-order valence-corrected chi connectivity index (χ3v) is 2.49. The van der Waals surface area contributed by atoms with E-state index < -0.39 is 11.7 Å². The van der Waals surface area contributed by atoms with Gasteiger partial charge in [0.1, 0.15) is 11.3 Å². The molecule has 17 heavy (non-hydrogen) atoms. The van der Waals surface area contributed by atoms with Gasteiger partial charge < -0.3 is 9.84 Å². The number of nitrogens with zero attached hydrogens (tertiary/aromatic N) is 1. The van der Waals surface area contributed by atoms with Gasteiger partial charge in [-0.15, -0.1) is 0 Å². The lowest BCUT2D eigenvalue weighted by Crippen LogP contribution is -2.10. The van der Waals surface area contributed by atoms with E-state index in [2.05, 4.69) is 10.5 Å². The van der Waals surface area contributed by atoms with Crippen LogP contribution in [0.25, 0.3) is 10.9 Å². The molecular formula is C11H11F3N2O. The molecule has 0 aliphatic carbocycles. The minimum atomic E-state index is -4.41. The van der Waals surface area contributed by atoms with Crippen LogP contribution in [0.3, 0.4) is 0 Å². The summed E-state index contributed by atoms with van der Waals surface area (Å²) in [6.07, 6.45) is -3.90. The molecular weight excluding hydrogens is 233 g/mol. The Morgan fingerprint density at radius 3 is 2.76 bits per heavy atom. The van der Waals surface area contributed by atoms with Crippen LogP contribution < -0.4 is 5.32 Å². The fraction of sp³-hybridized carbons (Fsp3) is 0.364. The van der Waals surface area contributed by atoms with Crippen molar-refractivity contribution in [1.29, 1.82) is 0 Å². The summed E-state index contributed by atoms with van der Waals surface area (Å²) in [5, 5.41) is 6.85. The van der Waals surface area contributed by atoms with Crippen LogP contribution in [0.15, 0.2) is 22.7 Å². The largest absolute Gasteiger partial charge is 0.418 e. The van der Waals surface area contributed by atoms with Gasteiger partial charge in [-0.2, -0.15) is 13.2 Å². The maximum Gasteiger partial charge on any atom is 0.418 e. The lowest BCUT2D eigenvalue weighted by atomic mass is 10.1. The molecule has 0 aliphatic rings. The predicted molar refractivity (Wildman–Crippen MR) is 56.6 cm³/mol. The van der Waals surface area contributed by atoms with Gasteiger partial charge in [-0.1, -0.05) is 11.2 Å². The van der Waals surface area contributed by atoms with Crippen LogP contribution in [-0.4, -0.2) is 18.7 Å². The predicted octanol–water partition coefficient (Wildman–Crippen LogP) is 2.61. The minimum absolute atomic E-state index is 0.119. The molecule has 92 valence electrons. The number of aromatic nitrogens is 1. The maximum absolute atomic E-state index is 12.7. The van der Waals surface area contributed by atoms with Crippen LogP contribution in [0.4, 0.5) is 13.2 Å². The Morgan fingerprint density at radius 1 is 1.35 bits per heavy atom. The molecule has 0 spiro atoms. The van der Waals surface area contributed by atoms with Crippen molar-refractivity contribution in [1.82, 2.24) is 10.5 Å². The highest BCUT2D eigenvalue weighted by Gasteiger charge is 2.34. The molecule has 3 nitrogen and oxygen atoms in total. The van der Waals surface area contributed by atoms with Crippen molar-refractivity contribution in [3.63, 3.8) is 0 Å². The fourth-order valence-electron chi connectivity index (χ4n) is 1.66. The van der Waals surface area contributed by atoms with E-state index in [4.69, 9.17) is 4.52 Å². The van der Waals surface area contributed by atoms with Crippen LogP contribution in [0, 0.1) is 0 Å². The maximum atomic E-state index is 12.7. The molecule has 1 heterocycles. The fourth-order valence-corrected chi connectivity index (χ4v) is 1.66. The first-order chi connectivity index (χ1) is 8.04. The zero-order valence-electron chi connectivity index (χ0n) is 9.14. The number of hydrogen-bond donors (Lipinski definition) is 1. The molecule has 0 aliphatic heterocycles. The van der Waals surface area contributed by atoms with Crippen molar-refractivity contribution in [2.75, 3.05) is 13.6 Å². The third kappa shape index (κ3) is 2.26. The summed E-state index contributed by atoms with van der Waals surface area (Å²) in [6.45, 7) is 0.626. The van der Waals surface area contributed by atoms with Crippen LogP contribution in [0.2, 0.25) is 0 Å². The van der Waals surface area contributed by atoms with Crippen molar-refractivity contribution in [2.45, 2.75) is 12.6 Å². The van der Waals surface area contributed by atoms with E-state index >= 15 is 0 Å². The molecule has 2 rings (SSSR count). The van der Waals surface area contributed by atoms with Gasteiger partial charge in [-0.25, -0.2) is 0 Å². The Kier molecular flexibility index (Phi) is 3.06. The highest BCUT2D eigenvalue weighted by molar-refractivity contribution is 5.84. The Hall–Kier alpha value is -1.56. The molecule has 0 amide bonds. The van der Waals surface area contributed by atoms with E-state index in [1.54, 1.807) is 13.1 Å². The number of rotatable bonds is 3. The second-order valence-corrected chi connectivity index (χ2v) is 3.66. The Bertz CT molecular complexity index is 519. The molecule has 1 N–H and O–H groups in total. The van der Waals surface area contributed by atoms with Crippen molar-refractivity contribution in [3.8, 4) is 0 Å². The monoisotopic (exact) mass is 244 g/mol. The SMILES string of the molecule is CNCCc1onc2c(C(F)(F)F)cccc12. The molecule has 0 radical (unpaired) electrons. The number of likely N-dealkylation sites (N-methyl/N-ethyl adjacent to an activating group) is 1. The first kappa shape index (κ1) is 11.9. The molecule has 0 atom stereocenters. The first-order valence-electron chi connectivity index (χ1n) is 5.13. The zero-order chi connectivity index (χ0) is 12.5. The van der Waals surface area contributed by atoms with Gasteiger partial charge in [-0.05, 0) is 19.2 Å². The van der Waals surface area contributed by atoms with E-state index in [9.17, 15) is 13.2 Å². The minimum Gasteiger partial charge on any atom is -0.360 e. The Morgan fingerprint density at radius 2 is 2.12 bits per heavy atom. The van der Waals surface area contributed by atoms with Crippen molar-refractivity contribution < 1.29 is 17.7 Å². The van der Waals surface area contributed by atoms with Gasteiger partial charge >= 0.3 is 6.18 Å². The van der Waals surface area contributed by atoms with Crippen molar-refractivity contribution >= 4 is 10.9 Å². The van der Waals surface area contributed by atoms with Crippen LogP contribution >= 0.6 is 0 Å². The molecule has 0 fully saturated rings. The smallest absolute Gasteiger partial charge is 0.360 e. The lowest BCUT2D eigenvalue weighted by molar-refractivity contribution is -0.136. The molecule has 6 heteroatoms. The highest BCUT2D eigenvalue weighted by Crippen LogP contribution is 2.35. The second kappa shape index (κ2) is 4.37. The lowest BCUT2D eigenvalue weighted by Gasteiger charge is -2.05. The summed E-state index contributed by atoms with van der Waals surface area (Å²) < 4.78 is 43.0. The highest BCUT2D eigenvalue weighted by atomic mass is 19.4. The first-order valence-corrected chi connectivity index (χ1v) is 5.13. The third-order valence-electron chi connectivity index (χ3n) is 2.49. The average Bonchev–Trinajstić information content (AvgIpc) is 2.67. The number of hydrogen-bond acceptors (Lipinski definition) is 3. The zero-order valence-corrected chi connectivity index (χ0v) is 9.14. The Labute approximate surface area is 95.6 Å². The van der Waals surface area contributed by atoms with Gasteiger partial charge in [-0.3, -0.25) is 0 Å². The number of fused-ring (bicyclic) bond motifs is 1. The van der Waals surface area contributed by atoms with Gasteiger partial charge in [0.25, 0.3) is 0 Å². The molecule has 0 unspecified atom stereocenters. The summed E-state index contributed by atoms with van der Waals surface area (Å²) in [5.41, 5.74) is -0.874. The van der Waals surface area contributed by atoms with Crippen LogP contribution in [-0.2, 0) is 12.6 Å². The number of benzene rings is 1. The van der Waals surface area contributed by atoms with Gasteiger partial charge in [0.05, 0.1) is 5.56 Å². The number of alkyl halides is 3. The summed E-state index contributed by atoms with van der Waals surface area (Å²) >= 11 is 0. The standard InChI is InChI=1S/C11H11F3N2O/c1-15-6-5-9-7-3-2-4-8(11(12,13)14)10(7)16-17-9/h2-4,15H,5-6H2,1H3. The van der Waals surface area contributed by atoms with E-state index in [1.165, 1.54) is 6.07 Å². The molecule has 1 aromatic heterocycles. The quantitative estimate of drug-likeness (QED) is 0.901. The molecule has 0 bridgehead atoms. The topological polar surface area (TPSA) is 38.1 Å². The molecule has 1 aromatic carbocycles. The molecule has 2 aromatic rings. The van der Waals surface area contributed by atoms with Gasteiger partial charge in [0.15, 0.2) is 0 Å². The van der Waals surface area contributed by atoms with E-state index in [0.29, 0.717) is 24.1 Å². The normalized spacial score (nSPS) is 12.2. The molecule has 0 saturated heterocycles. The van der Waals surface area contributed by atoms with Gasteiger partial charge in [0, 0.05) is 18.4 Å².